The second-order valence-corrected chi connectivity index (χ2v) is 7.04. The number of hydrogen-bond acceptors (Lipinski definition) is 2. The molecule has 4 nitrogen and oxygen atoms in total. The SMILES string of the molecule is C.C.O=C(O)CCc1ccc(Cl)c(C(=O)NCC2CCCCCCC2)c1. The summed E-state index contributed by atoms with van der Waals surface area (Å²) in [4.78, 5) is 23.1. The molecule has 0 atom stereocenters. The van der Waals surface area contributed by atoms with Crippen LogP contribution in [0.5, 0.6) is 0 Å². The zero-order chi connectivity index (χ0) is 17.4. The van der Waals surface area contributed by atoms with Crippen LogP contribution >= 0.6 is 11.6 Å². The highest BCUT2D eigenvalue weighted by Gasteiger charge is 2.15. The maximum absolute atomic E-state index is 12.4. The van der Waals surface area contributed by atoms with Crippen LogP contribution in [0.25, 0.3) is 0 Å². The van der Waals surface area contributed by atoms with Crippen molar-refractivity contribution in [2.75, 3.05) is 6.54 Å². The molecule has 0 spiro atoms. The van der Waals surface area contributed by atoms with Gasteiger partial charge in [-0.05, 0) is 42.9 Å². The number of amides is 1. The molecule has 0 unspecified atom stereocenters. The first kappa shape index (κ1) is 24.5. The molecule has 0 saturated heterocycles. The highest BCUT2D eigenvalue weighted by atomic mass is 35.5. The molecule has 1 aliphatic rings. The van der Waals surface area contributed by atoms with Gasteiger partial charge in [-0.1, -0.05) is 64.6 Å². The molecule has 148 valence electrons. The molecule has 1 aliphatic carbocycles. The minimum absolute atomic E-state index is 0. The summed E-state index contributed by atoms with van der Waals surface area (Å²) in [6, 6.07) is 5.15. The third-order valence-electron chi connectivity index (χ3n) is 4.68. The monoisotopic (exact) mass is 383 g/mol. The normalized spacial score (nSPS) is 15.0. The van der Waals surface area contributed by atoms with E-state index >= 15 is 0 Å². The van der Waals surface area contributed by atoms with Gasteiger partial charge in [0.15, 0.2) is 0 Å². The molecule has 0 aliphatic heterocycles. The Morgan fingerprint density at radius 3 is 2.31 bits per heavy atom. The lowest BCUT2D eigenvalue weighted by Crippen LogP contribution is -2.30. The molecule has 0 radical (unpaired) electrons. The summed E-state index contributed by atoms with van der Waals surface area (Å²) in [7, 11) is 0. The van der Waals surface area contributed by atoms with E-state index in [4.69, 9.17) is 16.7 Å². The summed E-state index contributed by atoms with van der Waals surface area (Å²) >= 11 is 6.15. The zero-order valence-corrected chi connectivity index (χ0v) is 14.8. The van der Waals surface area contributed by atoms with E-state index in [0.29, 0.717) is 29.5 Å². The minimum Gasteiger partial charge on any atom is -0.481 e. The van der Waals surface area contributed by atoms with Crippen molar-refractivity contribution >= 4 is 23.5 Å². The van der Waals surface area contributed by atoms with Crippen LogP contribution in [0, 0.1) is 5.92 Å². The first-order valence-corrected chi connectivity index (χ1v) is 9.22. The number of carboxylic acid groups (broad SMARTS) is 1. The topological polar surface area (TPSA) is 66.4 Å². The van der Waals surface area contributed by atoms with Crippen molar-refractivity contribution in [3.63, 3.8) is 0 Å². The molecule has 1 saturated carbocycles. The van der Waals surface area contributed by atoms with E-state index < -0.39 is 5.97 Å². The Bertz CT molecular complexity index is 566. The molecule has 1 aromatic rings. The van der Waals surface area contributed by atoms with Crippen LogP contribution in [0.15, 0.2) is 18.2 Å². The number of aryl methyl sites for hydroxylation is 1. The number of benzene rings is 1. The summed E-state index contributed by atoms with van der Waals surface area (Å²) in [6.07, 6.45) is 9.19. The number of carboxylic acids is 1. The van der Waals surface area contributed by atoms with Crippen molar-refractivity contribution in [1.82, 2.24) is 5.32 Å². The lowest BCUT2D eigenvalue weighted by Gasteiger charge is -2.20. The van der Waals surface area contributed by atoms with Crippen LogP contribution in [-0.4, -0.2) is 23.5 Å². The second-order valence-electron chi connectivity index (χ2n) is 6.63. The fraction of sp³-hybridized carbons (Fsp3) is 0.619. The molecule has 0 heterocycles. The second kappa shape index (κ2) is 12.7. The van der Waals surface area contributed by atoms with Crippen LogP contribution in [-0.2, 0) is 11.2 Å². The zero-order valence-electron chi connectivity index (χ0n) is 14.0. The van der Waals surface area contributed by atoms with E-state index in [1.54, 1.807) is 18.2 Å². The fourth-order valence-corrected chi connectivity index (χ4v) is 3.43. The van der Waals surface area contributed by atoms with Gasteiger partial charge in [0.1, 0.15) is 0 Å². The van der Waals surface area contributed by atoms with Gasteiger partial charge < -0.3 is 10.4 Å². The van der Waals surface area contributed by atoms with Gasteiger partial charge in [0, 0.05) is 13.0 Å². The van der Waals surface area contributed by atoms with E-state index in [9.17, 15) is 9.59 Å². The van der Waals surface area contributed by atoms with Crippen LogP contribution in [0.3, 0.4) is 0 Å². The van der Waals surface area contributed by atoms with Crippen molar-refractivity contribution in [3.05, 3.63) is 34.3 Å². The molecule has 1 fully saturated rings. The highest BCUT2D eigenvalue weighted by Crippen LogP contribution is 2.22. The Morgan fingerprint density at radius 2 is 1.69 bits per heavy atom. The van der Waals surface area contributed by atoms with Crippen molar-refractivity contribution in [2.24, 2.45) is 5.92 Å². The molecule has 1 amide bonds. The highest BCUT2D eigenvalue weighted by molar-refractivity contribution is 6.33. The van der Waals surface area contributed by atoms with Crippen molar-refractivity contribution in [3.8, 4) is 0 Å². The average molecular weight is 384 g/mol. The molecule has 0 aromatic heterocycles. The van der Waals surface area contributed by atoms with Gasteiger partial charge in [0.2, 0.25) is 0 Å². The number of halogens is 1. The van der Waals surface area contributed by atoms with Gasteiger partial charge in [-0.2, -0.15) is 0 Å². The Labute approximate surface area is 163 Å². The van der Waals surface area contributed by atoms with E-state index in [1.807, 2.05) is 0 Å². The van der Waals surface area contributed by atoms with Crippen LogP contribution in [0.1, 0.15) is 82.1 Å². The van der Waals surface area contributed by atoms with Gasteiger partial charge >= 0.3 is 5.97 Å². The van der Waals surface area contributed by atoms with Crippen LogP contribution in [0.4, 0.5) is 0 Å². The molecular weight excluding hydrogens is 350 g/mol. The Kier molecular flexibility index (Phi) is 12.0. The lowest BCUT2D eigenvalue weighted by molar-refractivity contribution is -0.136. The summed E-state index contributed by atoms with van der Waals surface area (Å²) < 4.78 is 0. The molecular formula is C21H34ClNO3. The van der Waals surface area contributed by atoms with Gasteiger partial charge in [0.05, 0.1) is 10.6 Å². The van der Waals surface area contributed by atoms with Crippen molar-refractivity contribution in [2.45, 2.75) is 72.6 Å². The maximum atomic E-state index is 12.4. The quantitative estimate of drug-likeness (QED) is 0.660. The largest absolute Gasteiger partial charge is 0.481 e. The van der Waals surface area contributed by atoms with Crippen LogP contribution in [0.2, 0.25) is 5.02 Å². The summed E-state index contributed by atoms with van der Waals surface area (Å²) in [6.45, 7) is 0.689. The van der Waals surface area contributed by atoms with E-state index in [0.717, 1.165) is 5.56 Å². The van der Waals surface area contributed by atoms with E-state index in [-0.39, 0.29) is 27.2 Å². The first-order valence-electron chi connectivity index (χ1n) is 8.84. The minimum atomic E-state index is -0.847. The number of nitrogens with one attached hydrogen (secondary N) is 1. The summed E-state index contributed by atoms with van der Waals surface area (Å²) in [5.41, 5.74) is 1.25. The lowest BCUT2D eigenvalue weighted by atomic mass is 9.91. The molecule has 2 N–H and O–H groups in total. The van der Waals surface area contributed by atoms with Crippen molar-refractivity contribution < 1.29 is 14.7 Å². The van der Waals surface area contributed by atoms with E-state index in [2.05, 4.69) is 5.32 Å². The Morgan fingerprint density at radius 1 is 1.08 bits per heavy atom. The molecule has 2 rings (SSSR count). The van der Waals surface area contributed by atoms with Gasteiger partial charge in [-0.15, -0.1) is 0 Å². The average Bonchev–Trinajstić information content (AvgIpc) is 2.52. The smallest absolute Gasteiger partial charge is 0.303 e. The Hall–Kier alpha value is -1.55. The number of rotatable bonds is 6. The summed E-state index contributed by atoms with van der Waals surface area (Å²) in [5.74, 6) is -0.470. The van der Waals surface area contributed by atoms with Gasteiger partial charge in [-0.3, -0.25) is 9.59 Å². The third-order valence-corrected chi connectivity index (χ3v) is 5.01. The molecule has 0 bridgehead atoms. The van der Waals surface area contributed by atoms with Crippen molar-refractivity contribution in [1.29, 1.82) is 0 Å². The molecule has 5 heteroatoms. The standard InChI is InChI=1S/C19H26ClNO3.2CH4/c20-17-10-8-14(9-11-18(22)23)12-16(17)19(24)21-13-15-6-4-2-1-3-5-7-15;;/h8,10,12,15H,1-7,9,11,13H2,(H,21,24)(H,22,23);2*1H4. The number of carbonyl (C=O) groups is 2. The third kappa shape index (κ3) is 8.22. The summed E-state index contributed by atoms with van der Waals surface area (Å²) in [5, 5.41) is 12.2. The molecule has 1 aromatic carbocycles. The predicted molar refractivity (Wildman–Crippen MR) is 109 cm³/mol. The van der Waals surface area contributed by atoms with Gasteiger partial charge in [-0.25, -0.2) is 0 Å². The van der Waals surface area contributed by atoms with E-state index in [1.165, 1.54) is 44.9 Å². The fourth-order valence-electron chi connectivity index (χ4n) is 3.23. The first-order chi connectivity index (χ1) is 11.6. The number of hydrogen-bond donors (Lipinski definition) is 2. The van der Waals surface area contributed by atoms with Gasteiger partial charge in [0.25, 0.3) is 5.91 Å². The number of carbonyl (C=O) groups excluding carboxylic acids is 1. The Balaban J connectivity index is 0.00000312. The van der Waals surface area contributed by atoms with Crippen LogP contribution < -0.4 is 5.32 Å². The predicted octanol–water partition coefficient (Wildman–Crippen LogP) is 5.72. The molecule has 26 heavy (non-hydrogen) atoms. The number of aliphatic carboxylic acids is 1. The maximum Gasteiger partial charge on any atom is 0.303 e.